The maximum absolute atomic E-state index is 12.2. The predicted octanol–water partition coefficient (Wildman–Crippen LogP) is 5.04. The van der Waals surface area contributed by atoms with Crippen molar-refractivity contribution in [3.63, 3.8) is 0 Å². The first kappa shape index (κ1) is 20.5. The fourth-order valence-corrected chi connectivity index (χ4v) is 2.50. The van der Waals surface area contributed by atoms with Gasteiger partial charge in [0.25, 0.3) is 0 Å². The van der Waals surface area contributed by atoms with Gasteiger partial charge < -0.3 is 16.0 Å². The highest BCUT2D eigenvalue weighted by Crippen LogP contribution is 2.26. The van der Waals surface area contributed by atoms with Crippen molar-refractivity contribution in [2.24, 2.45) is 0 Å². The molecule has 0 heterocycles. The summed E-state index contributed by atoms with van der Waals surface area (Å²) in [7, 11) is 1.51. The van der Waals surface area contributed by atoms with E-state index in [2.05, 4.69) is 48.9 Å². The SMILES string of the molecule is CNC(=O)Nc1cc(NC(=O)C=Cc2ccc(C(C)(C)C)cc2)ccc1Cl. The first-order valence-electron chi connectivity index (χ1n) is 8.57. The van der Waals surface area contributed by atoms with E-state index in [0.717, 1.165) is 5.56 Å². The van der Waals surface area contributed by atoms with Crippen molar-refractivity contribution >= 4 is 41.0 Å². The fraction of sp³-hybridized carbons (Fsp3) is 0.238. The second-order valence-electron chi connectivity index (χ2n) is 7.09. The summed E-state index contributed by atoms with van der Waals surface area (Å²) in [4.78, 5) is 23.6. The molecule has 142 valence electrons. The van der Waals surface area contributed by atoms with Gasteiger partial charge in [-0.25, -0.2) is 4.79 Å². The molecule has 0 radical (unpaired) electrons. The fourth-order valence-electron chi connectivity index (χ4n) is 2.33. The molecule has 6 heteroatoms. The van der Waals surface area contributed by atoms with Gasteiger partial charge >= 0.3 is 6.03 Å². The molecule has 0 bridgehead atoms. The van der Waals surface area contributed by atoms with Gasteiger partial charge in [0.2, 0.25) is 5.91 Å². The minimum Gasteiger partial charge on any atom is -0.341 e. The van der Waals surface area contributed by atoms with Crippen LogP contribution in [0.2, 0.25) is 5.02 Å². The summed E-state index contributed by atoms with van der Waals surface area (Å²) >= 11 is 6.05. The summed E-state index contributed by atoms with van der Waals surface area (Å²) in [6, 6.07) is 12.6. The van der Waals surface area contributed by atoms with Crippen LogP contribution < -0.4 is 16.0 Å². The van der Waals surface area contributed by atoms with Crippen LogP contribution >= 0.6 is 11.6 Å². The van der Waals surface area contributed by atoms with Crippen LogP contribution in [0, 0.1) is 0 Å². The number of nitrogens with one attached hydrogen (secondary N) is 3. The van der Waals surface area contributed by atoms with Crippen LogP contribution in [-0.4, -0.2) is 19.0 Å². The van der Waals surface area contributed by atoms with Gasteiger partial charge in [0.15, 0.2) is 0 Å². The summed E-state index contributed by atoms with van der Waals surface area (Å²) in [5.74, 6) is -0.275. The number of halogens is 1. The molecule has 0 fully saturated rings. The maximum Gasteiger partial charge on any atom is 0.319 e. The van der Waals surface area contributed by atoms with Gasteiger partial charge in [0.1, 0.15) is 0 Å². The molecule has 3 amide bonds. The van der Waals surface area contributed by atoms with Crippen molar-refractivity contribution in [2.45, 2.75) is 26.2 Å². The number of anilines is 2. The van der Waals surface area contributed by atoms with Gasteiger partial charge in [0.05, 0.1) is 10.7 Å². The molecule has 0 spiro atoms. The van der Waals surface area contributed by atoms with Gasteiger partial charge in [0, 0.05) is 18.8 Å². The first-order chi connectivity index (χ1) is 12.7. The highest BCUT2D eigenvalue weighted by atomic mass is 35.5. The minimum absolute atomic E-state index is 0.0919. The van der Waals surface area contributed by atoms with E-state index in [0.29, 0.717) is 16.4 Å². The van der Waals surface area contributed by atoms with Crippen molar-refractivity contribution < 1.29 is 9.59 Å². The van der Waals surface area contributed by atoms with Crippen LogP contribution in [0.1, 0.15) is 31.9 Å². The molecule has 0 aliphatic rings. The van der Waals surface area contributed by atoms with Crippen LogP contribution in [0.15, 0.2) is 48.5 Å². The van der Waals surface area contributed by atoms with Gasteiger partial charge in [-0.3, -0.25) is 4.79 Å². The van der Waals surface area contributed by atoms with Crippen molar-refractivity contribution in [1.29, 1.82) is 0 Å². The third kappa shape index (κ3) is 6.15. The molecule has 0 unspecified atom stereocenters. The molecule has 3 N–H and O–H groups in total. The lowest BCUT2D eigenvalue weighted by atomic mass is 9.87. The molecule has 27 heavy (non-hydrogen) atoms. The van der Waals surface area contributed by atoms with Gasteiger partial charge in [-0.15, -0.1) is 0 Å². The predicted molar refractivity (Wildman–Crippen MR) is 112 cm³/mol. The normalized spacial score (nSPS) is 11.3. The van der Waals surface area contributed by atoms with E-state index >= 15 is 0 Å². The smallest absolute Gasteiger partial charge is 0.319 e. The topological polar surface area (TPSA) is 70.2 Å². The van der Waals surface area contributed by atoms with Crippen LogP contribution in [-0.2, 0) is 10.2 Å². The molecule has 0 saturated carbocycles. The van der Waals surface area contributed by atoms with E-state index in [1.54, 1.807) is 24.3 Å². The molecule has 0 aromatic heterocycles. The standard InChI is InChI=1S/C21H24ClN3O2/c1-21(2,3)15-8-5-14(6-9-15)7-12-19(26)24-16-10-11-17(22)18(13-16)25-20(27)23-4/h5-13H,1-4H3,(H,24,26)(H2,23,25,27). The van der Waals surface area contributed by atoms with E-state index < -0.39 is 0 Å². The number of carbonyl (C=O) groups excluding carboxylic acids is 2. The second kappa shape index (κ2) is 8.73. The third-order valence-corrected chi connectivity index (χ3v) is 4.24. The number of urea groups is 1. The van der Waals surface area contributed by atoms with E-state index in [-0.39, 0.29) is 17.4 Å². The number of benzene rings is 2. The van der Waals surface area contributed by atoms with Gasteiger partial charge in [-0.1, -0.05) is 56.6 Å². The zero-order chi connectivity index (χ0) is 20.0. The van der Waals surface area contributed by atoms with Crippen LogP contribution in [0.25, 0.3) is 6.08 Å². The Bertz CT molecular complexity index is 853. The van der Waals surface area contributed by atoms with Crippen molar-refractivity contribution in [1.82, 2.24) is 5.32 Å². The Morgan fingerprint density at radius 2 is 1.67 bits per heavy atom. The minimum atomic E-state index is -0.390. The Morgan fingerprint density at radius 1 is 1.00 bits per heavy atom. The van der Waals surface area contributed by atoms with Crippen molar-refractivity contribution in [3.8, 4) is 0 Å². The zero-order valence-corrected chi connectivity index (χ0v) is 16.6. The molecule has 2 aromatic rings. The second-order valence-corrected chi connectivity index (χ2v) is 7.50. The monoisotopic (exact) mass is 385 g/mol. The number of carbonyl (C=O) groups is 2. The number of rotatable bonds is 4. The van der Waals surface area contributed by atoms with Crippen LogP contribution in [0.4, 0.5) is 16.2 Å². The number of hydrogen-bond donors (Lipinski definition) is 3. The highest BCUT2D eigenvalue weighted by Gasteiger charge is 2.12. The molecule has 0 saturated heterocycles. The van der Waals surface area contributed by atoms with E-state index in [4.69, 9.17) is 11.6 Å². The first-order valence-corrected chi connectivity index (χ1v) is 8.95. The molecule has 2 aromatic carbocycles. The Morgan fingerprint density at radius 3 is 2.26 bits per heavy atom. The van der Waals surface area contributed by atoms with Crippen molar-refractivity contribution in [3.05, 3.63) is 64.7 Å². The summed E-state index contributed by atoms with van der Waals surface area (Å²) in [6.45, 7) is 6.47. The van der Waals surface area contributed by atoms with Crippen LogP contribution in [0.3, 0.4) is 0 Å². The quantitative estimate of drug-likeness (QED) is 0.645. The van der Waals surface area contributed by atoms with E-state index in [1.807, 2.05) is 12.1 Å². The molecule has 0 aliphatic heterocycles. The molecular weight excluding hydrogens is 362 g/mol. The largest absolute Gasteiger partial charge is 0.341 e. The van der Waals surface area contributed by atoms with E-state index in [9.17, 15) is 9.59 Å². The Hall–Kier alpha value is -2.79. The lowest BCUT2D eigenvalue weighted by molar-refractivity contribution is -0.111. The maximum atomic E-state index is 12.2. The Balaban J connectivity index is 2.04. The van der Waals surface area contributed by atoms with E-state index in [1.165, 1.54) is 18.7 Å². The molecular formula is C21H24ClN3O2. The van der Waals surface area contributed by atoms with Crippen LogP contribution in [0.5, 0.6) is 0 Å². The number of hydrogen-bond acceptors (Lipinski definition) is 2. The zero-order valence-electron chi connectivity index (χ0n) is 15.9. The Kier molecular flexibility index (Phi) is 6.64. The lowest BCUT2D eigenvalue weighted by Crippen LogP contribution is -2.24. The summed E-state index contributed by atoms with van der Waals surface area (Å²) in [5.41, 5.74) is 3.21. The average Bonchev–Trinajstić information content (AvgIpc) is 2.62. The average molecular weight is 386 g/mol. The molecule has 0 aliphatic carbocycles. The highest BCUT2D eigenvalue weighted by molar-refractivity contribution is 6.33. The third-order valence-electron chi connectivity index (χ3n) is 3.91. The number of amides is 3. The molecule has 2 rings (SSSR count). The van der Waals surface area contributed by atoms with Gasteiger partial charge in [-0.2, -0.15) is 0 Å². The molecule has 5 nitrogen and oxygen atoms in total. The summed E-state index contributed by atoms with van der Waals surface area (Å²) in [5, 5.41) is 8.17. The summed E-state index contributed by atoms with van der Waals surface area (Å²) in [6.07, 6.45) is 3.22. The summed E-state index contributed by atoms with van der Waals surface area (Å²) < 4.78 is 0. The molecule has 0 atom stereocenters. The lowest BCUT2D eigenvalue weighted by Gasteiger charge is -2.18. The van der Waals surface area contributed by atoms with Gasteiger partial charge in [-0.05, 0) is 40.8 Å². The Labute approximate surface area is 164 Å². The van der Waals surface area contributed by atoms with Crippen molar-refractivity contribution in [2.75, 3.05) is 17.7 Å².